The third kappa shape index (κ3) is 4.72. The minimum Gasteiger partial charge on any atom is -0.320 e. The molecule has 0 unspecified atom stereocenters. The van der Waals surface area contributed by atoms with E-state index in [1.165, 1.54) is 42.5 Å². The number of anilines is 2. The summed E-state index contributed by atoms with van der Waals surface area (Å²) >= 11 is 11.9. The number of rotatable bonds is 6. The van der Waals surface area contributed by atoms with E-state index in [2.05, 4.69) is 5.32 Å². The van der Waals surface area contributed by atoms with E-state index < -0.39 is 39.8 Å². The van der Waals surface area contributed by atoms with Crippen LogP contribution in [0, 0.1) is 11.6 Å². The molecule has 0 heterocycles. The van der Waals surface area contributed by atoms with E-state index >= 15 is 0 Å². The minimum atomic E-state index is -4.21. The Labute approximate surface area is 181 Å². The van der Waals surface area contributed by atoms with Crippen molar-refractivity contribution in [3.05, 3.63) is 88.4 Å². The zero-order chi connectivity index (χ0) is 21.9. The molecule has 0 aromatic heterocycles. The third-order valence-electron chi connectivity index (χ3n) is 4.04. The van der Waals surface area contributed by atoms with E-state index in [9.17, 15) is 22.0 Å². The number of amides is 1. The maximum absolute atomic E-state index is 13.8. The number of benzene rings is 3. The van der Waals surface area contributed by atoms with Crippen LogP contribution in [-0.4, -0.2) is 20.9 Å². The molecule has 10 heteroatoms. The molecule has 0 saturated heterocycles. The van der Waals surface area contributed by atoms with E-state index in [0.717, 1.165) is 22.5 Å². The zero-order valence-corrected chi connectivity index (χ0v) is 17.5. The van der Waals surface area contributed by atoms with Crippen molar-refractivity contribution < 1.29 is 22.0 Å². The number of hydrogen-bond donors (Lipinski definition) is 1. The molecule has 3 aromatic rings. The maximum Gasteiger partial charge on any atom is 0.264 e. The molecule has 3 aromatic carbocycles. The van der Waals surface area contributed by atoms with Gasteiger partial charge in [-0.2, -0.15) is 0 Å². The molecule has 3 rings (SSSR count). The lowest BCUT2D eigenvalue weighted by atomic mass is 10.3. The summed E-state index contributed by atoms with van der Waals surface area (Å²) in [6.07, 6.45) is 0. The summed E-state index contributed by atoms with van der Waals surface area (Å²) in [7, 11) is -4.21. The van der Waals surface area contributed by atoms with Gasteiger partial charge in [-0.3, -0.25) is 9.10 Å². The summed E-state index contributed by atoms with van der Waals surface area (Å²) in [6.45, 7) is -0.761. The average molecular weight is 471 g/mol. The summed E-state index contributed by atoms with van der Waals surface area (Å²) in [6, 6.07) is 14.5. The Balaban J connectivity index is 1.99. The second kappa shape index (κ2) is 8.99. The monoisotopic (exact) mass is 470 g/mol. The number of nitrogens with one attached hydrogen (secondary N) is 1. The van der Waals surface area contributed by atoms with E-state index in [1.807, 2.05) is 0 Å². The van der Waals surface area contributed by atoms with Crippen molar-refractivity contribution in [1.82, 2.24) is 0 Å². The van der Waals surface area contributed by atoms with Gasteiger partial charge in [0.15, 0.2) is 0 Å². The van der Waals surface area contributed by atoms with Crippen LogP contribution in [0.3, 0.4) is 0 Å². The quantitative estimate of drug-likeness (QED) is 0.544. The van der Waals surface area contributed by atoms with Crippen molar-refractivity contribution in [2.45, 2.75) is 4.90 Å². The summed E-state index contributed by atoms with van der Waals surface area (Å²) in [5.41, 5.74) is -0.619. The molecule has 0 atom stereocenters. The third-order valence-corrected chi connectivity index (χ3v) is 6.56. The van der Waals surface area contributed by atoms with Gasteiger partial charge in [-0.25, -0.2) is 17.2 Å². The summed E-state index contributed by atoms with van der Waals surface area (Å²) in [5, 5.41) is 2.34. The van der Waals surface area contributed by atoms with Gasteiger partial charge in [0.25, 0.3) is 10.0 Å². The fourth-order valence-electron chi connectivity index (χ4n) is 2.60. The van der Waals surface area contributed by atoms with Crippen LogP contribution in [0.5, 0.6) is 0 Å². The minimum absolute atomic E-state index is 0.0532. The molecular formula is C20H14Cl2F2N2O3S. The predicted molar refractivity (Wildman–Crippen MR) is 112 cm³/mol. The van der Waals surface area contributed by atoms with E-state index in [-0.39, 0.29) is 20.6 Å². The fraction of sp³-hybridized carbons (Fsp3) is 0.0500. The second-order valence-electron chi connectivity index (χ2n) is 6.07. The van der Waals surface area contributed by atoms with E-state index in [1.54, 1.807) is 6.07 Å². The number of nitrogens with zero attached hydrogens (tertiary/aromatic N) is 1. The summed E-state index contributed by atoms with van der Waals surface area (Å²) in [4.78, 5) is 12.4. The van der Waals surface area contributed by atoms with Crippen LogP contribution >= 0.6 is 23.2 Å². The highest BCUT2D eigenvalue weighted by atomic mass is 35.5. The van der Waals surface area contributed by atoms with Gasteiger partial charge in [0.2, 0.25) is 5.91 Å². The largest absolute Gasteiger partial charge is 0.320 e. The van der Waals surface area contributed by atoms with Crippen molar-refractivity contribution in [2.75, 3.05) is 16.2 Å². The first-order valence-corrected chi connectivity index (χ1v) is 10.7. The second-order valence-corrected chi connectivity index (χ2v) is 8.74. The van der Waals surface area contributed by atoms with Gasteiger partial charge in [-0.05, 0) is 42.5 Å². The highest BCUT2D eigenvalue weighted by Gasteiger charge is 2.28. The molecule has 30 heavy (non-hydrogen) atoms. The summed E-state index contributed by atoms with van der Waals surface area (Å²) in [5.74, 6) is -2.93. The predicted octanol–water partition coefficient (Wildman–Crippen LogP) is 5.11. The van der Waals surface area contributed by atoms with Gasteiger partial charge in [0.1, 0.15) is 23.9 Å². The van der Waals surface area contributed by atoms with Gasteiger partial charge in [0.05, 0.1) is 20.6 Å². The molecule has 0 saturated carbocycles. The lowest BCUT2D eigenvalue weighted by molar-refractivity contribution is -0.114. The number of carbonyl (C=O) groups is 1. The van der Waals surface area contributed by atoms with Gasteiger partial charge in [0, 0.05) is 0 Å². The standard InChI is InChI=1S/C20H14Cl2F2N2O3S/c21-15-10-9-13(11-16(15)22)26(30(28,29)14-5-2-1-3-6-14)12-19(27)25-20-17(23)7-4-8-18(20)24/h1-11H,12H2,(H,25,27). The molecule has 0 aliphatic rings. The smallest absolute Gasteiger partial charge is 0.264 e. The molecule has 1 N–H and O–H groups in total. The first-order chi connectivity index (χ1) is 14.2. The Kier molecular flexibility index (Phi) is 6.60. The maximum atomic E-state index is 13.8. The zero-order valence-electron chi connectivity index (χ0n) is 15.2. The molecule has 0 aliphatic carbocycles. The number of sulfonamides is 1. The van der Waals surface area contributed by atoms with Crippen LogP contribution < -0.4 is 9.62 Å². The van der Waals surface area contributed by atoms with Crippen LogP contribution in [0.15, 0.2) is 71.6 Å². The number of carbonyl (C=O) groups excluding carboxylic acids is 1. The molecular weight excluding hydrogens is 457 g/mol. The normalized spacial score (nSPS) is 11.2. The van der Waals surface area contributed by atoms with Crippen molar-refractivity contribution in [1.29, 1.82) is 0 Å². The number of hydrogen-bond acceptors (Lipinski definition) is 3. The Morgan fingerprint density at radius 3 is 2.13 bits per heavy atom. The van der Waals surface area contributed by atoms with Gasteiger partial charge in [-0.1, -0.05) is 47.5 Å². The van der Waals surface area contributed by atoms with Crippen LogP contribution in [0.4, 0.5) is 20.2 Å². The van der Waals surface area contributed by atoms with Crippen molar-refractivity contribution in [2.24, 2.45) is 0 Å². The molecule has 1 amide bonds. The van der Waals surface area contributed by atoms with Gasteiger partial charge in [-0.15, -0.1) is 0 Å². The molecule has 0 bridgehead atoms. The van der Waals surface area contributed by atoms with Crippen LogP contribution in [0.2, 0.25) is 10.0 Å². The number of para-hydroxylation sites is 1. The Morgan fingerprint density at radius 2 is 1.53 bits per heavy atom. The lowest BCUT2D eigenvalue weighted by Crippen LogP contribution is -2.38. The van der Waals surface area contributed by atoms with Crippen molar-refractivity contribution >= 4 is 50.5 Å². The van der Waals surface area contributed by atoms with Crippen molar-refractivity contribution in [3.8, 4) is 0 Å². The molecule has 5 nitrogen and oxygen atoms in total. The fourth-order valence-corrected chi connectivity index (χ4v) is 4.33. The average Bonchev–Trinajstić information content (AvgIpc) is 2.72. The van der Waals surface area contributed by atoms with Crippen LogP contribution in [0.1, 0.15) is 0 Å². The van der Waals surface area contributed by atoms with E-state index in [0.29, 0.717) is 0 Å². The Hall–Kier alpha value is -2.68. The molecule has 0 spiro atoms. The highest BCUT2D eigenvalue weighted by Crippen LogP contribution is 2.30. The first kappa shape index (κ1) is 22.0. The van der Waals surface area contributed by atoms with Gasteiger partial charge < -0.3 is 5.32 Å². The molecule has 0 aliphatic heterocycles. The van der Waals surface area contributed by atoms with Crippen LogP contribution in [-0.2, 0) is 14.8 Å². The van der Waals surface area contributed by atoms with Crippen molar-refractivity contribution in [3.63, 3.8) is 0 Å². The highest BCUT2D eigenvalue weighted by molar-refractivity contribution is 7.92. The first-order valence-electron chi connectivity index (χ1n) is 8.47. The topological polar surface area (TPSA) is 66.5 Å². The molecule has 0 radical (unpaired) electrons. The Morgan fingerprint density at radius 1 is 0.900 bits per heavy atom. The molecule has 0 fully saturated rings. The SMILES string of the molecule is O=C(CN(c1ccc(Cl)c(Cl)c1)S(=O)(=O)c1ccccc1)Nc1c(F)cccc1F. The summed E-state index contributed by atoms with van der Waals surface area (Å²) < 4.78 is 54.8. The van der Waals surface area contributed by atoms with Gasteiger partial charge >= 0.3 is 0 Å². The molecule has 156 valence electrons. The van der Waals surface area contributed by atoms with E-state index in [4.69, 9.17) is 23.2 Å². The number of halogens is 4. The van der Waals surface area contributed by atoms with Crippen LogP contribution in [0.25, 0.3) is 0 Å². The lowest BCUT2D eigenvalue weighted by Gasteiger charge is -2.24. The Bertz CT molecular complexity index is 1170.